The van der Waals surface area contributed by atoms with Crippen molar-refractivity contribution in [2.24, 2.45) is 0 Å². The molecule has 3 rings (SSSR count). The maximum absolute atomic E-state index is 9.38. The first-order chi connectivity index (χ1) is 9.72. The van der Waals surface area contributed by atoms with E-state index in [1.807, 2.05) is 6.07 Å². The lowest BCUT2D eigenvalue weighted by Gasteiger charge is -2.05. The van der Waals surface area contributed by atoms with Crippen molar-refractivity contribution in [2.75, 3.05) is 5.32 Å². The van der Waals surface area contributed by atoms with E-state index < -0.39 is 0 Å². The van der Waals surface area contributed by atoms with Crippen LogP contribution in [0.3, 0.4) is 0 Å². The highest BCUT2D eigenvalue weighted by atomic mass is 35.5. The van der Waals surface area contributed by atoms with Crippen LogP contribution in [0.1, 0.15) is 4.88 Å². The van der Waals surface area contributed by atoms with E-state index in [4.69, 9.17) is 11.6 Å². The van der Waals surface area contributed by atoms with Crippen LogP contribution in [-0.4, -0.2) is 5.11 Å². The molecule has 2 aromatic heterocycles. The predicted molar refractivity (Wildman–Crippen MR) is 88.1 cm³/mol. The van der Waals surface area contributed by atoms with E-state index in [1.54, 1.807) is 34.8 Å². The molecular weight excluding hydrogens is 310 g/mol. The molecule has 2 heterocycles. The summed E-state index contributed by atoms with van der Waals surface area (Å²) in [4.78, 5) is 2.55. The van der Waals surface area contributed by atoms with Crippen LogP contribution in [0.4, 0.5) is 5.69 Å². The monoisotopic (exact) mass is 321 g/mol. The molecule has 5 heteroatoms. The zero-order valence-electron chi connectivity index (χ0n) is 10.5. The Bertz CT molecular complexity index is 706. The molecule has 0 spiro atoms. The third kappa shape index (κ3) is 2.98. The topological polar surface area (TPSA) is 32.3 Å². The lowest BCUT2D eigenvalue weighted by Crippen LogP contribution is -1.96. The first-order valence-corrected chi connectivity index (χ1v) is 8.20. The Hall–Kier alpha value is -1.49. The molecule has 0 bridgehead atoms. The Morgan fingerprint density at radius 2 is 2.05 bits per heavy atom. The number of phenolic OH excluding ortho intramolecular Hbond substituents is 1. The molecule has 0 radical (unpaired) electrons. The highest BCUT2D eigenvalue weighted by molar-refractivity contribution is 7.14. The van der Waals surface area contributed by atoms with Crippen LogP contribution >= 0.6 is 34.3 Å². The standard InChI is InChI=1S/C15H12ClNOS2/c16-13-7-11(3-4-14(13)18)17-8-12-6-10(9-20-12)15-2-1-5-19-15/h1-7,9,17-18H,8H2. The van der Waals surface area contributed by atoms with Crippen LogP contribution in [0.25, 0.3) is 10.4 Å². The fourth-order valence-corrected chi connectivity index (χ4v) is 3.65. The van der Waals surface area contributed by atoms with Crippen molar-refractivity contribution >= 4 is 40.0 Å². The molecule has 0 amide bonds. The lowest BCUT2D eigenvalue weighted by molar-refractivity contribution is 0.475. The largest absolute Gasteiger partial charge is 0.506 e. The van der Waals surface area contributed by atoms with Crippen LogP contribution in [0, 0.1) is 0 Å². The van der Waals surface area contributed by atoms with Gasteiger partial charge in [0.25, 0.3) is 0 Å². The summed E-state index contributed by atoms with van der Waals surface area (Å²) in [6.45, 7) is 0.747. The fraction of sp³-hybridized carbons (Fsp3) is 0.0667. The van der Waals surface area contributed by atoms with Crippen molar-refractivity contribution in [3.63, 3.8) is 0 Å². The average molecular weight is 322 g/mol. The Kier molecular flexibility index (Phi) is 3.96. The summed E-state index contributed by atoms with van der Waals surface area (Å²) >= 11 is 9.37. The summed E-state index contributed by atoms with van der Waals surface area (Å²) in [5, 5.41) is 17.3. The van der Waals surface area contributed by atoms with E-state index >= 15 is 0 Å². The van der Waals surface area contributed by atoms with E-state index in [0.717, 1.165) is 12.2 Å². The van der Waals surface area contributed by atoms with Gasteiger partial charge in [0.15, 0.2) is 0 Å². The fourth-order valence-electron chi connectivity index (χ4n) is 1.85. The van der Waals surface area contributed by atoms with Gasteiger partial charge in [0.2, 0.25) is 0 Å². The Morgan fingerprint density at radius 1 is 1.15 bits per heavy atom. The van der Waals surface area contributed by atoms with Crippen molar-refractivity contribution in [2.45, 2.75) is 6.54 Å². The van der Waals surface area contributed by atoms with Crippen LogP contribution in [-0.2, 0) is 6.54 Å². The van der Waals surface area contributed by atoms with E-state index in [2.05, 4.69) is 34.3 Å². The molecule has 20 heavy (non-hydrogen) atoms. The lowest BCUT2D eigenvalue weighted by atomic mass is 10.2. The highest BCUT2D eigenvalue weighted by Crippen LogP contribution is 2.30. The van der Waals surface area contributed by atoms with E-state index in [9.17, 15) is 5.11 Å². The number of thiophene rings is 2. The van der Waals surface area contributed by atoms with Crippen LogP contribution < -0.4 is 5.32 Å². The number of hydrogen-bond acceptors (Lipinski definition) is 4. The molecule has 0 fully saturated rings. The SMILES string of the molecule is Oc1ccc(NCc2cc(-c3cccs3)cs2)cc1Cl. The zero-order valence-corrected chi connectivity index (χ0v) is 12.9. The quantitative estimate of drug-likeness (QED) is 0.626. The van der Waals surface area contributed by atoms with Gasteiger partial charge in [-0.15, -0.1) is 22.7 Å². The van der Waals surface area contributed by atoms with Crippen molar-refractivity contribution in [1.82, 2.24) is 0 Å². The molecule has 0 saturated heterocycles. The maximum Gasteiger partial charge on any atom is 0.134 e. The molecular formula is C15H12ClNOS2. The van der Waals surface area contributed by atoms with Crippen LogP contribution in [0.5, 0.6) is 5.75 Å². The van der Waals surface area contributed by atoms with Crippen LogP contribution in [0.15, 0.2) is 47.2 Å². The Labute approximate surface area is 130 Å². The molecule has 2 N–H and O–H groups in total. The zero-order chi connectivity index (χ0) is 13.9. The third-order valence-corrected chi connectivity index (χ3v) is 5.03. The number of aromatic hydroxyl groups is 1. The second-order valence-corrected chi connectivity index (χ2v) is 6.65. The number of hydrogen-bond donors (Lipinski definition) is 2. The first kappa shape index (κ1) is 13.5. The number of benzene rings is 1. The maximum atomic E-state index is 9.38. The number of nitrogens with one attached hydrogen (secondary N) is 1. The summed E-state index contributed by atoms with van der Waals surface area (Å²) < 4.78 is 0. The van der Waals surface area contributed by atoms with Gasteiger partial charge in [0.1, 0.15) is 5.75 Å². The van der Waals surface area contributed by atoms with E-state index in [0.29, 0.717) is 5.02 Å². The van der Waals surface area contributed by atoms with Gasteiger partial charge in [-0.25, -0.2) is 0 Å². The number of rotatable bonds is 4. The summed E-state index contributed by atoms with van der Waals surface area (Å²) in [6.07, 6.45) is 0. The van der Waals surface area contributed by atoms with Crippen molar-refractivity contribution in [3.05, 3.63) is 57.1 Å². The molecule has 0 atom stereocenters. The van der Waals surface area contributed by atoms with Gasteiger partial charge in [-0.3, -0.25) is 0 Å². The first-order valence-electron chi connectivity index (χ1n) is 6.06. The van der Waals surface area contributed by atoms with Gasteiger partial charge in [0.05, 0.1) is 5.02 Å². The van der Waals surface area contributed by atoms with Gasteiger partial charge >= 0.3 is 0 Å². The number of phenols is 1. The normalized spacial score (nSPS) is 10.7. The molecule has 0 aliphatic rings. The number of anilines is 1. The molecule has 1 aromatic carbocycles. The minimum absolute atomic E-state index is 0.105. The second-order valence-electron chi connectivity index (χ2n) is 4.30. The minimum atomic E-state index is 0.105. The smallest absolute Gasteiger partial charge is 0.134 e. The Balaban J connectivity index is 1.68. The molecule has 0 saturated carbocycles. The van der Waals surface area contributed by atoms with Gasteiger partial charge in [0, 0.05) is 27.5 Å². The van der Waals surface area contributed by atoms with Gasteiger partial charge in [-0.05, 0) is 41.1 Å². The van der Waals surface area contributed by atoms with Gasteiger partial charge in [-0.1, -0.05) is 17.7 Å². The van der Waals surface area contributed by atoms with Gasteiger partial charge in [-0.2, -0.15) is 0 Å². The molecule has 2 nitrogen and oxygen atoms in total. The van der Waals surface area contributed by atoms with E-state index in [-0.39, 0.29) is 5.75 Å². The van der Waals surface area contributed by atoms with Crippen molar-refractivity contribution < 1.29 is 5.11 Å². The number of halogens is 1. The second kappa shape index (κ2) is 5.87. The predicted octanol–water partition coefficient (Wildman–Crippen LogP) is 5.45. The average Bonchev–Trinajstić information content (AvgIpc) is 3.09. The summed E-state index contributed by atoms with van der Waals surface area (Å²) in [5.74, 6) is 0.105. The minimum Gasteiger partial charge on any atom is -0.506 e. The summed E-state index contributed by atoms with van der Waals surface area (Å²) in [7, 11) is 0. The Morgan fingerprint density at radius 3 is 2.80 bits per heavy atom. The summed E-state index contributed by atoms with van der Waals surface area (Å²) in [5.41, 5.74) is 2.17. The van der Waals surface area contributed by atoms with E-state index in [1.165, 1.54) is 15.3 Å². The molecule has 0 aliphatic carbocycles. The molecule has 3 aromatic rings. The molecule has 102 valence electrons. The van der Waals surface area contributed by atoms with Crippen LogP contribution in [0.2, 0.25) is 5.02 Å². The van der Waals surface area contributed by atoms with Crippen molar-refractivity contribution in [3.8, 4) is 16.2 Å². The third-order valence-electron chi connectivity index (χ3n) is 2.87. The van der Waals surface area contributed by atoms with Crippen molar-refractivity contribution in [1.29, 1.82) is 0 Å². The highest BCUT2D eigenvalue weighted by Gasteiger charge is 2.04. The van der Waals surface area contributed by atoms with Gasteiger partial charge < -0.3 is 10.4 Å². The summed E-state index contributed by atoms with van der Waals surface area (Å²) in [6, 6.07) is 11.5. The molecule has 0 aliphatic heterocycles. The molecule has 0 unspecified atom stereocenters.